The topological polar surface area (TPSA) is 96.5 Å². The number of para-hydroxylation sites is 2. The number of amides is 1. The number of halogens is 1. The number of aliphatic hydroxyl groups excluding tert-OH is 1. The van der Waals surface area contributed by atoms with Crippen molar-refractivity contribution in [2.24, 2.45) is 5.92 Å². The summed E-state index contributed by atoms with van der Waals surface area (Å²) in [5, 5.41) is 12.9. The number of aliphatic hydroxyl groups is 1. The van der Waals surface area contributed by atoms with Crippen molar-refractivity contribution in [3.05, 3.63) is 76.8 Å². The molecule has 3 atom stereocenters. The van der Waals surface area contributed by atoms with Crippen LogP contribution in [0.3, 0.4) is 0 Å². The van der Waals surface area contributed by atoms with Gasteiger partial charge in [0.2, 0.25) is 6.29 Å². The number of carbonyl (C=O) groups excluding carboxylic acids is 1. The first kappa shape index (κ1) is 23.3. The molecule has 0 fully saturated rings. The molecule has 0 saturated carbocycles. The molecule has 4 rings (SSSR count). The van der Waals surface area contributed by atoms with Crippen molar-refractivity contribution in [3.63, 3.8) is 0 Å². The van der Waals surface area contributed by atoms with Crippen molar-refractivity contribution >= 4 is 28.5 Å². The maximum atomic E-state index is 13.0. The van der Waals surface area contributed by atoms with Gasteiger partial charge in [-0.3, -0.25) is 4.79 Å². The molecule has 0 saturated heterocycles. The summed E-state index contributed by atoms with van der Waals surface area (Å²) in [6.07, 6.45) is 2.55. The van der Waals surface area contributed by atoms with Gasteiger partial charge in [0.1, 0.15) is 5.82 Å². The molecule has 33 heavy (non-hydrogen) atoms. The van der Waals surface area contributed by atoms with Crippen LogP contribution in [0.5, 0.6) is 0 Å². The lowest BCUT2D eigenvalue weighted by molar-refractivity contribution is -0.166. The molecule has 1 aliphatic rings. The number of H-pyrrole nitrogens is 1. The van der Waals surface area contributed by atoms with Crippen molar-refractivity contribution < 1.29 is 19.4 Å². The molecule has 8 heteroatoms. The molecule has 7 nitrogen and oxygen atoms in total. The highest BCUT2D eigenvalue weighted by Crippen LogP contribution is 2.39. The van der Waals surface area contributed by atoms with Gasteiger partial charge in [-0.25, -0.2) is 4.98 Å². The number of benzene rings is 2. The Hall–Kier alpha value is -2.87. The van der Waals surface area contributed by atoms with Gasteiger partial charge < -0.3 is 24.9 Å². The number of nitrogens with zero attached hydrogens (tertiary/aromatic N) is 1. The number of nitrogens with one attached hydrogen (secondary N) is 2. The Labute approximate surface area is 197 Å². The second-order valence-electron chi connectivity index (χ2n) is 7.96. The van der Waals surface area contributed by atoms with E-state index in [4.69, 9.17) is 21.1 Å². The first-order valence-corrected chi connectivity index (χ1v) is 11.5. The van der Waals surface area contributed by atoms with Crippen LogP contribution in [0.15, 0.2) is 60.4 Å². The molecule has 1 aliphatic heterocycles. The van der Waals surface area contributed by atoms with Crippen LogP contribution in [0, 0.1) is 5.92 Å². The Morgan fingerprint density at radius 1 is 1.24 bits per heavy atom. The number of imidazole rings is 1. The fraction of sp³-hybridized carbons (Fsp3) is 0.360. The molecule has 3 N–H and O–H groups in total. The van der Waals surface area contributed by atoms with E-state index in [-0.39, 0.29) is 36.7 Å². The molecule has 2 aromatic carbocycles. The highest BCUT2D eigenvalue weighted by Gasteiger charge is 2.37. The van der Waals surface area contributed by atoms with E-state index in [1.165, 1.54) is 0 Å². The lowest BCUT2D eigenvalue weighted by Gasteiger charge is -2.37. The van der Waals surface area contributed by atoms with E-state index in [1.807, 2.05) is 61.5 Å². The number of rotatable bonds is 9. The summed E-state index contributed by atoms with van der Waals surface area (Å²) < 4.78 is 11.9. The number of ether oxygens (including phenoxy) is 2. The molecule has 2 heterocycles. The minimum atomic E-state index is -0.598. The minimum absolute atomic E-state index is 0.0507. The van der Waals surface area contributed by atoms with E-state index in [2.05, 4.69) is 15.3 Å². The van der Waals surface area contributed by atoms with Gasteiger partial charge in [0.25, 0.3) is 5.91 Å². The zero-order valence-electron chi connectivity index (χ0n) is 18.5. The Morgan fingerprint density at radius 3 is 2.76 bits per heavy atom. The maximum Gasteiger partial charge on any atom is 0.286 e. The first-order chi connectivity index (χ1) is 16.1. The third kappa shape index (κ3) is 5.55. The number of aromatic nitrogens is 2. The molecule has 0 aliphatic carbocycles. The van der Waals surface area contributed by atoms with Crippen molar-refractivity contribution in [1.82, 2.24) is 15.3 Å². The SMILES string of the molecule is CCO[C@H]1OC(C(=O)NCc2nc3ccccc3[nH]2)=C[C@@H](c2ccc(Cl)cc2)[C@H]1CCCO. The molecule has 174 valence electrons. The lowest BCUT2D eigenvalue weighted by Crippen LogP contribution is -2.39. The number of aromatic amines is 1. The zero-order valence-corrected chi connectivity index (χ0v) is 19.2. The molecular weight excluding hydrogens is 442 g/mol. The normalized spacial score (nSPS) is 20.3. The quantitative estimate of drug-likeness (QED) is 0.434. The van der Waals surface area contributed by atoms with Gasteiger partial charge in [-0.15, -0.1) is 0 Å². The van der Waals surface area contributed by atoms with E-state index in [0.717, 1.165) is 16.6 Å². The third-order valence-electron chi connectivity index (χ3n) is 5.74. The summed E-state index contributed by atoms with van der Waals surface area (Å²) >= 11 is 6.09. The summed E-state index contributed by atoms with van der Waals surface area (Å²) in [4.78, 5) is 20.7. The Bertz CT molecular complexity index is 1080. The Morgan fingerprint density at radius 2 is 2.03 bits per heavy atom. The third-order valence-corrected chi connectivity index (χ3v) is 6.00. The molecule has 0 radical (unpaired) electrons. The van der Waals surface area contributed by atoms with Crippen LogP contribution in [0.25, 0.3) is 11.0 Å². The van der Waals surface area contributed by atoms with Crippen LogP contribution in [0.2, 0.25) is 5.02 Å². The summed E-state index contributed by atoms with van der Waals surface area (Å²) in [5.74, 6) is 0.373. The predicted octanol–water partition coefficient (Wildman–Crippen LogP) is 4.28. The smallest absolute Gasteiger partial charge is 0.286 e. The number of hydrogen-bond donors (Lipinski definition) is 3. The number of allylic oxidation sites excluding steroid dienone is 1. The molecule has 3 aromatic rings. The number of carbonyl (C=O) groups is 1. The van der Waals surface area contributed by atoms with Crippen LogP contribution >= 0.6 is 11.6 Å². The predicted molar refractivity (Wildman–Crippen MR) is 127 cm³/mol. The summed E-state index contributed by atoms with van der Waals surface area (Å²) in [6.45, 7) is 2.66. The first-order valence-electron chi connectivity index (χ1n) is 11.2. The van der Waals surface area contributed by atoms with Gasteiger partial charge in [-0.2, -0.15) is 0 Å². The summed E-state index contributed by atoms with van der Waals surface area (Å²) in [7, 11) is 0. The highest BCUT2D eigenvalue weighted by molar-refractivity contribution is 6.30. The monoisotopic (exact) mass is 469 g/mol. The van der Waals surface area contributed by atoms with Crippen LogP contribution in [0.4, 0.5) is 0 Å². The molecule has 0 unspecified atom stereocenters. The second-order valence-corrected chi connectivity index (χ2v) is 8.40. The van der Waals surface area contributed by atoms with Crippen LogP contribution < -0.4 is 5.32 Å². The fourth-order valence-corrected chi connectivity index (χ4v) is 4.30. The summed E-state index contributed by atoms with van der Waals surface area (Å²) in [5.41, 5.74) is 2.78. The van der Waals surface area contributed by atoms with Crippen molar-refractivity contribution in [3.8, 4) is 0 Å². The van der Waals surface area contributed by atoms with E-state index in [0.29, 0.717) is 30.3 Å². The average molecular weight is 470 g/mol. The van der Waals surface area contributed by atoms with Crippen molar-refractivity contribution in [1.29, 1.82) is 0 Å². The molecule has 1 aromatic heterocycles. The molecule has 0 spiro atoms. The minimum Gasteiger partial charge on any atom is -0.459 e. The van der Waals surface area contributed by atoms with Crippen LogP contribution in [-0.2, 0) is 20.8 Å². The van der Waals surface area contributed by atoms with E-state index in [1.54, 1.807) is 0 Å². The van der Waals surface area contributed by atoms with Gasteiger partial charge in [0.05, 0.1) is 17.6 Å². The standard InChI is InChI=1S/C25H28ClN3O4/c1-2-32-25-18(6-5-13-30)19(16-9-11-17(26)12-10-16)14-22(33-25)24(31)27-15-23-28-20-7-3-4-8-21(20)29-23/h3-4,7-12,14,18-19,25,30H,2,5-6,13,15H2,1H3,(H,27,31)(H,28,29)/t18-,19+,25+/m1/s1. The lowest BCUT2D eigenvalue weighted by atomic mass is 9.80. The van der Waals surface area contributed by atoms with Crippen LogP contribution in [-0.4, -0.2) is 40.5 Å². The maximum absolute atomic E-state index is 13.0. The fourth-order valence-electron chi connectivity index (χ4n) is 4.17. The van der Waals surface area contributed by atoms with Crippen molar-refractivity contribution in [2.75, 3.05) is 13.2 Å². The average Bonchev–Trinajstić information content (AvgIpc) is 3.25. The van der Waals surface area contributed by atoms with Gasteiger partial charge >= 0.3 is 0 Å². The highest BCUT2D eigenvalue weighted by atomic mass is 35.5. The van der Waals surface area contributed by atoms with Gasteiger partial charge in [-0.05, 0) is 55.7 Å². The largest absolute Gasteiger partial charge is 0.459 e. The zero-order chi connectivity index (χ0) is 23.2. The Balaban J connectivity index is 1.56. The van der Waals surface area contributed by atoms with E-state index < -0.39 is 6.29 Å². The van der Waals surface area contributed by atoms with Crippen molar-refractivity contribution in [2.45, 2.75) is 38.5 Å². The second kappa shape index (κ2) is 10.8. The summed E-state index contributed by atoms with van der Waals surface area (Å²) in [6, 6.07) is 15.3. The van der Waals surface area contributed by atoms with Gasteiger partial charge in [0, 0.05) is 30.1 Å². The van der Waals surface area contributed by atoms with Gasteiger partial charge in [0.15, 0.2) is 5.76 Å². The molecule has 1 amide bonds. The number of fused-ring (bicyclic) bond motifs is 1. The van der Waals surface area contributed by atoms with Crippen LogP contribution in [0.1, 0.15) is 37.1 Å². The molecular formula is C25H28ClN3O4. The van der Waals surface area contributed by atoms with Gasteiger partial charge in [-0.1, -0.05) is 35.9 Å². The Kier molecular flexibility index (Phi) is 7.65. The number of hydrogen-bond acceptors (Lipinski definition) is 5. The molecule has 0 bridgehead atoms. The van der Waals surface area contributed by atoms with E-state index >= 15 is 0 Å². The van der Waals surface area contributed by atoms with E-state index in [9.17, 15) is 9.90 Å².